The highest BCUT2D eigenvalue weighted by molar-refractivity contribution is 5.94. The van der Waals surface area contributed by atoms with Crippen molar-refractivity contribution in [1.82, 2.24) is 0 Å². The van der Waals surface area contributed by atoms with Gasteiger partial charge in [0.25, 0.3) is 0 Å². The van der Waals surface area contributed by atoms with E-state index in [1.807, 2.05) is 49.4 Å². The molecule has 2 unspecified atom stereocenters. The molecule has 1 aliphatic rings. The van der Waals surface area contributed by atoms with Gasteiger partial charge in [-0.2, -0.15) is 5.26 Å². The Morgan fingerprint density at radius 3 is 2.54 bits per heavy atom. The van der Waals surface area contributed by atoms with Crippen LogP contribution in [0.5, 0.6) is 5.75 Å². The molecule has 0 N–H and O–H groups in total. The quantitative estimate of drug-likeness (QED) is 0.294. The first-order chi connectivity index (χ1) is 16.9. The van der Waals surface area contributed by atoms with Crippen LogP contribution in [0.3, 0.4) is 0 Å². The number of halogens is 1. The van der Waals surface area contributed by atoms with Crippen LogP contribution in [0, 0.1) is 18.3 Å². The van der Waals surface area contributed by atoms with Gasteiger partial charge < -0.3 is 9.47 Å². The van der Waals surface area contributed by atoms with Crippen molar-refractivity contribution in [2.24, 2.45) is 0 Å². The molecule has 3 aromatic rings. The Bertz CT molecular complexity index is 1300. The van der Waals surface area contributed by atoms with Gasteiger partial charge in [-0.3, -0.25) is 4.79 Å². The number of ketones is 1. The van der Waals surface area contributed by atoms with Gasteiger partial charge in [0.05, 0.1) is 18.8 Å². The summed E-state index contributed by atoms with van der Waals surface area (Å²) < 4.78 is 25.1. The predicted molar refractivity (Wildman–Crippen MR) is 136 cm³/mol. The molecule has 0 amide bonds. The molecule has 5 heteroatoms. The summed E-state index contributed by atoms with van der Waals surface area (Å²) >= 11 is 0. The number of nitrogens with zero attached hydrogens (tertiary/aromatic N) is 1. The highest BCUT2D eigenvalue weighted by Crippen LogP contribution is 2.32. The van der Waals surface area contributed by atoms with Crippen LogP contribution < -0.4 is 4.74 Å². The van der Waals surface area contributed by atoms with Crippen molar-refractivity contribution in [2.75, 3.05) is 13.2 Å². The van der Waals surface area contributed by atoms with Gasteiger partial charge in [-0.25, -0.2) is 4.39 Å². The van der Waals surface area contributed by atoms with E-state index in [1.54, 1.807) is 19.1 Å². The number of alkyl halides is 1. The van der Waals surface area contributed by atoms with Crippen LogP contribution in [0.15, 0.2) is 60.7 Å². The average Bonchev–Trinajstić information content (AvgIpc) is 2.87. The van der Waals surface area contributed by atoms with E-state index in [4.69, 9.17) is 9.47 Å². The summed E-state index contributed by atoms with van der Waals surface area (Å²) in [4.78, 5) is 11.6. The van der Waals surface area contributed by atoms with Gasteiger partial charge in [-0.1, -0.05) is 54.6 Å². The number of carbonyl (C=O) groups excluding carboxylic acids is 1. The Balaban J connectivity index is 1.62. The average molecular weight is 470 g/mol. The minimum absolute atomic E-state index is 0.0183. The van der Waals surface area contributed by atoms with Crippen LogP contribution in [-0.2, 0) is 4.74 Å². The van der Waals surface area contributed by atoms with Crippen LogP contribution in [0.25, 0.3) is 22.8 Å². The Hall–Kier alpha value is -3.75. The lowest BCUT2D eigenvalue weighted by Gasteiger charge is -2.27. The molecule has 1 aliphatic heterocycles. The van der Waals surface area contributed by atoms with Crippen molar-refractivity contribution in [3.63, 3.8) is 0 Å². The Morgan fingerprint density at radius 1 is 1.11 bits per heavy atom. The van der Waals surface area contributed by atoms with Gasteiger partial charge in [0.1, 0.15) is 17.9 Å². The molecule has 0 bridgehead atoms. The van der Waals surface area contributed by atoms with Crippen molar-refractivity contribution in [2.45, 2.75) is 39.5 Å². The molecule has 35 heavy (non-hydrogen) atoms. The normalized spacial score (nSPS) is 18.1. The van der Waals surface area contributed by atoms with Crippen LogP contribution in [0.4, 0.5) is 4.39 Å². The number of allylic oxidation sites excluding steroid dienone is 1. The number of benzene rings is 3. The van der Waals surface area contributed by atoms with Crippen LogP contribution >= 0.6 is 0 Å². The van der Waals surface area contributed by atoms with Crippen molar-refractivity contribution in [3.05, 3.63) is 88.5 Å². The molecule has 1 heterocycles. The first-order valence-electron chi connectivity index (χ1n) is 11.7. The number of carbonyl (C=O) groups is 1. The lowest BCUT2D eigenvalue weighted by molar-refractivity contribution is -0.0383. The second-order valence-corrected chi connectivity index (χ2v) is 8.84. The van der Waals surface area contributed by atoms with Gasteiger partial charge in [0.2, 0.25) is 0 Å². The molecule has 0 spiro atoms. The molecular formula is C30H28FNO3. The third kappa shape index (κ3) is 5.50. The monoisotopic (exact) mass is 469 g/mol. The van der Waals surface area contributed by atoms with Crippen molar-refractivity contribution in [3.8, 4) is 22.9 Å². The van der Waals surface area contributed by atoms with Gasteiger partial charge in [-0.05, 0) is 66.3 Å². The molecule has 0 saturated carbocycles. The van der Waals surface area contributed by atoms with Crippen LogP contribution in [0.2, 0.25) is 0 Å². The molecule has 3 aromatic carbocycles. The van der Waals surface area contributed by atoms with E-state index in [-0.39, 0.29) is 12.4 Å². The van der Waals surface area contributed by atoms with Crippen molar-refractivity contribution >= 4 is 17.4 Å². The highest BCUT2D eigenvalue weighted by Gasteiger charge is 2.28. The summed E-state index contributed by atoms with van der Waals surface area (Å²) in [6, 6.07) is 21.3. The Kier molecular flexibility index (Phi) is 7.43. The first-order valence-corrected chi connectivity index (χ1v) is 11.7. The Labute approximate surface area is 205 Å². The molecule has 0 aliphatic carbocycles. The zero-order valence-electron chi connectivity index (χ0n) is 20.2. The molecule has 4 nitrogen and oxygen atoms in total. The third-order valence-electron chi connectivity index (χ3n) is 6.41. The van der Waals surface area contributed by atoms with E-state index in [9.17, 15) is 14.4 Å². The lowest BCUT2D eigenvalue weighted by atomic mass is 9.93. The number of ether oxygens (including phenoxy) is 2. The maximum atomic E-state index is 14.1. The number of rotatable bonds is 6. The van der Waals surface area contributed by atoms with Crippen molar-refractivity contribution in [1.29, 1.82) is 5.26 Å². The first kappa shape index (κ1) is 24.4. The van der Waals surface area contributed by atoms with E-state index < -0.39 is 12.3 Å². The van der Waals surface area contributed by atoms with Crippen LogP contribution in [0.1, 0.15) is 52.9 Å². The summed E-state index contributed by atoms with van der Waals surface area (Å²) in [6.07, 6.45) is 0.765. The highest BCUT2D eigenvalue weighted by atomic mass is 19.1. The summed E-state index contributed by atoms with van der Waals surface area (Å²) in [5.41, 5.74) is 7.26. The van der Waals surface area contributed by atoms with Gasteiger partial charge >= 0.3 is 0 Å². The summed E-state index contributed by atoms with van der Waals surface area (Å²) in [7, 11) is 0. The van der Waals surface area contributed by atoms with E-state index in [1.165, 1.54) is 0 Å². The second-order valence-electron chi connectivity index (χ2n) is 8.84. The van der Waals surface area contributed by atoms with E-state index in [0.717, 1.165) is 33.4 Å². The molecule has 0 radical (unpaired) electrons. The van der Waals surface area contributed by atoms with E-state index >= 15 is 0 Å². The molecule has 0 aromatic heterocycles. The fraction of sp³-hybridized carbons (Fsp3) is 0.267. The van der Waals surface area contributed by atoms with Gasteiger partial charge in [0.15, 0.2) is 12.0 Å². The maximum absolute atomic E-state index is 14.1. The minimum atomic E-state index is -1.21. The SMILES string of the molecule is CC(=O)c1ccc(/C(C)=C/c2cccc(-c3ccc(OC4CCOCC4F)c(C#N)c3)c2C)cc1. The summed E-state index contributed by atoms with van der Waals surface area (Å²) in [5, 5.41) is 9.73. The fourth-order valence-electron chi connectivity index (χ4n) is 4.27. The summed E-state index contributed by atoms with van der Waals surface area (Å²) in [6.45, 7) is 6.13. The fourth-order valence-corrected chi connectivity index (χ4v) is 4.27. The molecule has 178 valence electrons. The minimum Gasteiger partial charge on any atom is -0.486 e. The number of Topliss-reactive ketones (excluding diaryl/α,β-unsaturated/α-hetero) is 1. The molecular weight excluding hydrogens is 441 g/mol. The van der Waals surface area contributed by atoms with Crippen LogP contribution in [-0.4, -0.2) is 31.3 Å². The Morgan fingerprint density at radius 2 is 1.86 bits per heavy atom. The van der Waals surface area contributed by atoms with E-state index in [0.29, 0.717) is 29.9 Å². The zero-order chi connectivity index (χ0) is 24.9. The van der Waals surface area contributed by atoms with Gasteiger partial charge in [0, 0.05) is 12.0 Å². The summed E-state index contributed by atoms with van der Waals surface area (Å²) in [5.74, 6) is 0.441. The topological polar surface area (TPSA) is 59.3 Å². The number of hydrogen-bond acceptors (Lipinski definition) is 4. The molecule has 1 fully saturated rings. The molecule has 1 saturated heterocycles. The molecule has 4 rings (SSSR count). The van der Waals surface area contributed by atoms with Crippen molar-refractivity contribution < 1.29 is 18.7 Å². The number of nitriles is 1. The second kappa shape index (κ2) is 10.7. The third-order valence-corrected chi connectivity index (χ3v) is 6.41. The molecule has 2 atom stereocenters. The lowest BCUT2D eigenvalue weighted by Crippen LogP contribution is -2.37. The maximum Gasteiger partial charge on any atom is 0.160 e. The zero-order valence-corrected chi connectivity index (χ0v) is 20.2. The number of hydrogen-bond donors (Lipinski definition) is 0. The predicted octanol–water partition coefficient (Wildman–Crippen LogP) is 6.80. The standard InChI is InChI=1S/C30H28FNO3/c1-19(22-7-9-23(10-8-22)21(3)33)15-24-5-4-6-27(20(24)2)25-11-12-29(26(16-25)17-32)35-30-13-14-34-18-28(30)31/h4-12,15-16,28,30H,13-14,18H2,1-3H3/b19-15+. The largest absolute Gasteiger partial charge is 0.486 e. The van der Waals surface area contributed by atoms with E-state index in [2.05, 4.69) is 25.1 Å². The van der Waals surface area contributed by atoms with Gasteiger partial charge in [-0.15, -0.1) is 0 Å². The smallest absolute Gasteiger partial charge is 0.160 e.